The third-order valence-electron chi connectivity index (χ3n) is 4.42. The summed E-state index contributed by atoms with van der Waals surface area (Å²) in [6, 6.07) is 1.65. The molecular weight excluding hydrogens is 228 g/mol. The molecule has 3 heteroatoms. The molecule has 2 saturated heterocycles. The highest BCUT2D eigenvalue weighted by Gasteiger charge is 2.33. The molecule has 0 aromatic carbocycles. The van der Waals surface area contributed by atoms with Crippen molar-refractivity contribution in [3.63, 3.8) is 0 Å². The fraction of sp³-hybridized carbons (Fsp3) is 1.00. The number of piperazine rings is 1. The van der Waals surface area contributed by atoms with E-state index in [0.717, 1.165) is 17.8 Å². The summed E-state index contributed by atoms with van der Waals surface area (Å²) in [5.74, 6) is 1.05. The fourth-order valence-corrected chi connectivity index (χ4v) is 3.56. The Morgan fingerprint density at radius 2 is 1.94 bits per heavy atom. The van der Waals surface area contributed by atoms with Gasteiger partial charge in [-0.05, 0) is 51.4 Å². The van der Waals surface area contributed by atoms with E-state index in [1.54, 1.807) is 0 Å². The highest BCUT2D eigenvalue weighted by molar-refractivity contribution is 7.80. The number of rotatable bonds is 6. The lowest BCUT2D eigenvalue weighted by molar-refractivity contribution is 0.0583. The minimum atomic E-state index is 0.772. The van der Waals surface area contributed by atoms with E-state index < -0.39 is 0 Å². The molecule has 2 unspecified atom stereocenters. The van der Waals surface area contributed by atoms with E-state index in [1.807, 2.05) is 0 Å². The molecule has 0 aromatic rings. The minimum absolute atomic E-state index is 0.772. The van der Waals surface area contributed by atoms with Gasteiger partial charge in [0.2, 0.25) is 0 Å². The van der Waals surface area contributed by atoms with Crippen LogP contribution < -0.4 is 0 Å². The van der Waals surface area contributed by atoms with Crippen molar-refractivity contribution in [1.29, 1.82) is 0 Å². The maximum atomic E-state index is 4.26. The Morgan fingerprint density at radius 1 is 1.12 bits per heavy atom. The van der Waals surface area contributed by atoms with Gasteiger partial charge in [0.25, 0.3) is 0 Å². The standard InChI is InChI=1S/C14H28N2S/c1-13-11-16-9-6-7-14(16)12-15(13)8-4-2-3-5-10-17/h13-14,17H,2-12H2,1H3. The van der Waals surface area contributed by atoms with Gasteiger partial charge < -0.3 is 0 Å². The van der Waals surface area contributed by atoms with E-state index in [2.05, 4.69) is 29.4 Å². The molecule has 0 spiro atoms. The molecule has 17 heavy (non-hydrogen) atoms. The maximum absolute atomic E-state index is 4.26. The van der Waals surface area contributed by atoms with Gasteiger partial charge in [0.1, 0.15) is 0 Å². The summed E-state index contributed by atoms with van der Waals surface area (Å²) >= 11 is 4.26. The number of hydrogen-bond acceptors (Lipinski definition) is 3. The average molecular weight is 256 g/mol. The van der Waals surface area contributed by atoms with E-state index >= 15 is 0 Å². The highest BCUT2D eigenvalue weighted by Crippen LogP contribution is 2.24. The lowest BCUT2D eigenvalue weighted by Crippen LogP contribution is -2.54. The monoisotopic (exact) mass is 256 g/mol. The molecule has 0 N–H and O–H groups in total. The van der Waals surface area contributed by atoms with Crippen LogP contribution in [0.1, 0.15) is 45.4 Å². The molecule has 0 bridgehead atoms. The molecule has 2 atom stereocenters. The van der Waals surface area contributed by atoms with Crippen molar-refractivity contribution < 1.29 is 0 Å². The fourth-order valence-electron chi connectivity index (χ4n) is 3.34. The summed E-state index contributed by atoms with van der Waals surface area (Å²) < 4.78 is 0. The van der Waals surface area contributed by atoms with Crippen molar-refractivity contribution >= 4 is 12.6 Å². The zero-order valence-electron chi connectivity index (χ0n) is 11.3. The molecule has 2 aliphatic heterocycles. The Kier molecular flexibility index (Phi) is 5.64. The van der Waals surface area contributed by atoms with Gasteiger partial charge in [0, 0.05) is 25.2 Å². The second-order valence-electron chi connectivity index (χ2n) is 5.77. The minimum Gasteiger partial charge on any atom is -0.298 e. The second kappa shape index (κ2) is 7.01. The third-order valence-corrected chi connectivity index (χ3v) is 4.74. The van der Waals surface area contributed by atoms with E-state index in [-0.39, 0.29) is 0 Å². The molecule has 2 heterocycles. The van der Waals surface area contributed by atoms with Gasteiger partial charge in [0.05, 0.1) is 0 Å². The number of fused-ring (bicyclic) bond motifs is 1. The van der Waals surface area contributed by atoms with E-state index in [0.29, 0.717) is 0 Å². The Balaban J connectivity index is 1.66. The smallest absolute Gasteiger partial charge is 0.0224 e. The van der Waals surface area contributed by atoms with Crippen LogP contribution in [0.2, 0.25) is 0 Å². The van der Waals surface area contributed by atoms with Gasteiger partial charge in [-0.25, -0.2) is 0 Å². The Labute approximate surface area is 112 Å². The van der Waals surface area contributed by atoms with Crippen molar-refractivity contribution in [2.45, 2.75) is 57.5 Å². The Morgan fingerprint density at radius 3 is 2.76 bits per heavy atom. The summed E-state index contributed by atoms with van der Waals surface area (Å²) in [7, 11) is 0. The first-order chi connectivity index (χ1) is 8.31. The molecule has 0 radical (unpaired) electrons. The van der Waals surface area contributed by atoms with Crippen molar-refractivity contribution in [2.75, 3.05) is 31.9 Å². The molecule has 0 aromatic heterocycles. The third kappa shape index (κ3) is 3.87. The first kappa shape index (κ1) is 13.7. The lowest BCUT2D eigenvalue weighted by Gasteiger charge is -2.42. The molecule has 100 valence electrons. The largest absolute Gasteiger partial charge is 0.298 e. The topological polar surface area (TPSA) is 6.48 Å². The predicted molar refractivity (Wildman–Crippen MR) is 78.0 cm³/mol. The first-order valence-electron chi connectivity index (χ1n) is 7.40. The zero-order chi connectivity index (χ0) is 12.1. The predicted octanol–water partition coefficient (Wildman–Crippen LogP) is 2.65. The van der Waals surface area contributed by atoms with Crippen LogP contribution in [0.25, 0.3) is 0 Å². The summed E-state index contributed by atoms with van der Waals surface area (Å²) in [6.07, 6.45) is 8.27. The average Bonchev–Trinajstić information content (AvgIpc) is 2.76. The Hall–Kier alpha value is 0.270. The van der Waals surface area contributed by atoms with Crippen LogP contribution in [0, 0.1) is 0 Å². The van der Waals surface area contributed by atoms with Crippen LogP contribution in [-0.2, 0) is 0 Å². The van der Waals surface area contributed by atoms with Crippen LogP contribution in [0.5, 0.6) is 0 Å². The van der Waals surface area contributed by atoms with E-state index in [9.17, 15) is 0 Å². The van der Waals surface area contributed by atoms with E-state index in [4.69, 9.17) is 0 Å². The van der Waals surface area contributed by atoms with Crippen LogP contribution in [0.4, 0.5) is 0 Å². The van der Waals surface area contributed by atoms with Crippen LogP contribution in [0.3, 0.4) is 0 Å². The molecule has 0 saturated carbocycles. The molecular formula is C14H28N2S. The zero-order valence-corrected chi connectivity index (χ0v) is 12.2. The van der Waals surface area contributed by atoms with Crippen LogP contribution in [0.15, 0.2) is 0 Å². The van der Waals surface area contributed by atoms with Gasteiger partial charge in [-0.15, -0.1) is 0 Å². The number of unbranched alkanes of at least 4 members (excludes halogenated alkanes) is 3. The summed E-state index contributed by atoms with van der Waals surface area (Å²) in [5, 5.41) is 0. The quantitative estimate of drug-likeness (QED) is 0.576. The summed E-state index contributed by atoms with van der Waals surface area (Å²) in [6.45, 7) is 7.71. The normalized spacial score (nSPS) is 30.7. The van der Waals surface area contributed by atoms with Crippen molar-refractivity contribution in [1.82, 2.24) is 9.80 Å². The Bertz CT molecular complexity index is 222. The second-order valence-corrected chi connectivity index (χ2v) is 6.22. The van der Waals surface area contributed by atoms with Gasteiger partial charge in [-0.1, -0.05) is 12.8 Å². The summed E-state index contributed by atoms with van der Waals surface area (Å²) in [4.78, 5) is 5.44. The SMILES string of the molecule is CC1CN2CCCC2CN1CCCCCCS. The van der Waals surface area contributed by atoms with Gasteiger partial charge >= 0.3 is 0 Å². The number of nitrogens with zero attached hydrogens (tertiary/aromatic N) is 2. The molecule has 2 nitrogen and oxygen atoms in total. The van der Waals surface area contributed by atoms with Crippen molar-refractivity contribution in [2.24, 2.45) is 0 Å². The van der Waals surface area contributed by atoms with Crippen LogP contribution in [-0.4, -0.2) is 53.8 Å². The number of hydrogen-bond donors (Lipinski definition) is 1. The van der Waals surface area contributed by atoms with Crippen molar-refractivity contribution in [3.8, 4) is 0 Å². The molecule has 2 fully saturated rings. The lowest BCUT2D eigenvalue weighted by atomic mass is 10.1. The molecule has 2 aliphatic rings. The molecule has 0 amide bonds. The highest BCUT2D eigenvalue weighted by atomic mass is 32.1. The van der Waals surface area contributed by atoms with E-state index in [1.165, 1.54) is 64.7 Å². The summed E-state index contributed by atoms with van der Waals surface area (Å²) in [5.41, 5.74) is 0. The van der Waals surface area contributed by atoms with Gasteiger partial charge in [0.15, 0.2) is 0 Å². The maximum Gasteiger partial charge on any atom is 0.0224 e. The van der Waals surface area contributed by atoms with Crippen LogP contribution >= 0.6 is 12.6 Å². The van der Waals surface area contributed by atoms with Crippen molar-refractivity contribution in [3.05, 3.63) is 0 Å². The van der Waals surface area contributed by atoms with Gasteiger partial charge in [-0.2, -0.15) is 12.6 Å². The molecule has 0 aliphatic carbocycles. The molecule has 2 rings (SSSR count). The van der Waals surface area contributed by atoms with Gasteiger partial charge in [-0.3, -0.25) is 9.80 Å². The first-order valence-corrected chi connectivity index (χ1v) is 8.03. The number of thiol groups is 1.